The standard InChI is InChI=1S/C9H17N3O2/c1-3-5-10-9-11-8(12-14-9)7-13-6-4-2/h3-7H2,1-2H3,(H,10,11,12). The molecule has 0 aliphatic rings. The van der Waals surface area contributed by atoms with E-state index in [0.29, 0.717) is 18.4 Å². The van der Waals surface area contributed by atoms with Gasteiger partial charge in [0.2, 0.25) is 0 Å². The lowest BCUT2D eigenvalue weighted by Gasteiger charge is -1.96. The molecule has 1 aromatic rings. The average Bonchev–Trinajstić information content (AvgIpc) is 2.63. The van der Waals surface area contributed by atoms with Gasteiger partial charge in [0.1, 0.15) is 6.61 Å². The molecule has 5 heteroatoms. The zero-order chi connectivity index (χ0) is 10.2. The summed E-state index contributed by atoms with van der Waals surface area (Å²) in [6, 6.07) is 0.474. The summed E-state index contributed by atoms with van der Waals surface area (Å²) in [5.74, 6) is 0.594. The highest BCUT2D eigenvalue weighted by molar-refractivity contribution is 5.17. The van der Waals surface area contributed by atoms with Crippen LogP contribution in [0, 0.1) is 0 Å². The van der Waals surface area contributed by atoms with Gasteiger partial charge in [0.25, 0.3) is 0 Å². The van der Waals surface area contributed by atoms with Crippen molar-refractivity contribution in [3.8, 4) is 0 Å². The minimum atomic E-state index is 0.422. The van der Waals surface area contributed by atoms with Crippen molar-refractivity contribution in [3.05, 3.63) is 5.82 Å². The Hall–Kier alpha value is -1.10. The van der Waals surface area contributed by atoms with Crippen molar-refractivity contribution in [2.45, 2.75) is 33.3 Å². The molecule has 0 saturated carbocycles. The van der Waals surface area contributed by atoms with E-state index >= 15 is 0 Å². The number of hydrogen-bond acceptors (Lipinski definition) is 5. The Morgan fingerprint density at radius 2 is 2.21 bits per heavy atom. The van der Waals surface area contributed by atoms with Crippen LogP contribution in [0.3, 0.4) is 0 Å². The predicted molar refractivity (Wildman–Crippen MR) is 53.0 cm³/mol. The topological polar surface area (TPSA) is 60.2 Å². The van der Waals surface area contributed by atoms with Gasteiger partial charge < -0.3 is 14.6 Å². The van der Waals surface area contributed by atoms with Crippen LogP contribution in [0.5, 0.6) is 0 Å². The van der Waals surface area contributed by atoms with Crippen LogP contribution in [0.2, 0.25) is 0 Å². The lowest BCUT2D eigenvalue weighted by atomic mass is 10.5. The summed E-state index contributed by atoms with van der Waals surface area (Å²) in [7, 11) is 0. The molecule has 14 heavy (non-hydrogen) atoms. The Balaban J connectivity index is 2.27. The predicted octanol–water partition coefficient (Wildman–Crippen LogP) is 1.82. The number of nitrogens with one attached hydrogen (secondary N) is 1. The van der Waals surface area contributed by atoms with Gasteiger partial charge in [0.05, 0.1) is 0 Å². The molecular formula is C9H17N3O2. The van der Waals surface area contributed by atoms with Crippen molar-refractivity contribution >= 4 is 6.01 Å². The van der Waals surface area contributed by atoms with Crippen molar-refractivity contribution in [1.29, 1.82) is 0 Å². The van der Waals surface area contributed by atoms with Crippen LogP contribution in [0.4, 0.5) is 6.01 Å². The molecule has 1 N–H and O–H groups in total. The molecular weight excluding hydrogens is 182 g/mol. The first-order chi connectivity index (χ1) is 6.86. The second-order valence-corrected chi connectivity index (χ2v) is 3.00. The van der Waals surface area contributed by atoms with Gasteiger partial charge in [-0.1, -0.05) is 19.0 Å². The summed E-state index contributed by atoms with van der Waals surface area (Å²) in [5, 5.41) is 6.78. The molecule has 1 heterocycles. The third-order valence-electron chi connectivity index (χ3n) is 1.57. The van der Waals surface area contributed by atoms with Gasteiger partial charge in [-0.2, -0.15) is 4.98 Å². The fourth-order valence-corrected chi connectivity index (χ4v) is 0.924. The molecule has 0 atom stereocenters. The van der Waals surface area contributed by atoms with Gasteiger partial charge in [0.15, 0.2) is 5.82 Å². The lowest BCUT2D eigenvalue weighted by Crippen LogP contribution is -2.00. The summed E-state index contributed by atoms with van der Waals surface area (Å²) in [6.07, 6.45) is 2.03. The van der Waals surface area contributed by atoms with Gasteiger partial charge in [-0.25, -0.2) is 0 Å². The van der Waals surface area contributed by atoms with Gasteiger partial charge >= 0.3 is 6.01 Å². The summed E-state index contributed by atoms with van der Waals surface area (Å²) in [4.78, 5) is 4.11. The second kappa shape index (κ2) is 6.37. The molecule has 0 saturated heterocycles. The first kappa shape index (κ1) is 11.0. The van der Waals surface area contributed by atoms with Gasteiger partial charge in [-0.05, 0) is 12.8 Å². The maximum absolute atomic E-state index is 5.27. The van der Waals surface area contributed by atoms with E-state index in [1.165, 1.54) is 0 Å². The van der Waals surface area contributed by atoms with Crippen LogP contribution >= 0.6 is 0 Å². The monoisotopic (exact) mass is 199 g/mol. The lowest BCUT2D eigenvalue weighted by molar-refractivity contribution is 0.114. The summed E-state index contributed by atoms with van der Waals surface area (Å²) >= 11 is 0. The van der Waals surface area contributed by atoms with Crippen LogP contribution in [0.25, 0.3) is 0 Å². The molecule has 0 spiro atoms. The largest absolute Gasteiger partial charge is 0.373 e. The molecule has 0 aliphatic heterocycles. The number of ether oxygens (including phenoxy) is 1. The van der Waals surface area contributed by atoms with Crippen LogP contribution < -0.4 is 5.32 Å². The van der Waals surface area contributed by atoms with Crippen molar-refractivity contribution < 1.29 is 9.26 Å². The van der Waals surface area contributed by atoms with Crippen molar-refractivity contribution in [3.63, 3.8) is 0 Å². The second-order valence-electron chi connectivity index (χ2n) is 3.00. The Labute approximate surface area is 83.8 Å². The highest BCUT2D eigenvalue weighted by atomic mass is 16.5. The fraction of sp³-hybridized carbons (Fsp3) is 0.778. The van der Waals surface area contributed by atoms with Crippen LogP contribution in [0.15, 0.2) is 4.52 Å². The zero-order valence-corrected chi connectivity index (χ0v) is 8.75. The van der Waals surface area contributed by atoms with E-state index in [1.807, 2.05) is 0 Å². The average molecular weight is 199 g/mol. The molecule has 0 amide bonds. The molecule has 0 radical (unpaired) electrons. The number of rotatable bonds is 7. The third kappa shape index (κ3) is 3.74. The molecule has 0 unspecified atom stereocenters. The number of anilines is 1. The normalized spacial score (nSPS) is 10.4. The molecule has 1 aromatic heterocycles. The van der Waals surface area contributed by atoms with E-state index in [1.54, 1.807) is 0 Å². The number of aromatic nitrogens is 2. The maximum Gasteiger partial charge on any atom is 0.321 e. The molecule has 0 aromatic carbocycles. The molecule has 0 bridgehead atoms. The van der Waals surface area contributed by atoms with E-state index in [-0.39, 0.29) is 0 Å². The third-order valence-corrected chi connectivity index (χ3v) is 1.57. The van der Waals surface area contributed by atoms with Crippen LogP contribution in [-0.2, 0) is 11.3 Å². The molecule has 5 nitrogen and oxygen atoms in total. The van der Waals surface area contributed by atoms with Gasteiger partial charge in [-0.15, -0.1) is 0 Å². The number of hydrogen-bond donors (Lipinski definition) is 1. The number of nitrogens with zero attached hydrogens (tertiary/aromatic N) is 2. The minimum Gasteiger partial charge on any atom is -0.373 e. The Morgan fingerprint density at radius 3 is 2.93 bits per heavy atom. The quantitative estimate of drug-likeness (QED) is 0.679. The summed E-state index contributed by atoms with van der Waals surface area (Å²) in [5.41, 5.74) is 0. The molecule has 80 valence electrons. The molecule has 0 aliphatic carbocycles. The maximum atomic E-state index is 5.27. The van der Waals surface area contributed by atoms with E-state index in [4.69, 9.17) is 9.26 Å². The van der Waals surface area contributed by atoms with E-state index in [0.717, 1.165) is 26.0 Å². The van der Waals surface area contributed by atoms with Gasteiger partial charge in [-0.3, -0.25) is 0 Å². The Bertz CT molecular complexity index is 250. The van der Waals surface area contributed by atoms with Crippen LogP contribution in [-0.4, -0.2) is 23.3 Å². The fourth-order valence-electron chi connectivity index (χ4n) is 0.924. The Morgan fingerprint density at radius 1 is 1.36 bits per heavy atom. The first-order valence-corrected chi connectivity index (χ1v) is 5.01. The van der Waals surface area contributed by atoms with E-state index in [2.05, 4.69) is 29.3 Å². The van der Waals surface area contributed by atoms with E-state index < -0.39 is 0 Å². The van der Waals surface area contributed by atoms with Crippen LogP contribution in [0.1, 0.15) is 32.5 Å². The van der Waals surface area contributed by atoms with E-state index in [9.17, 15) is 0 Å². The minimum absolute atomic E-state index is 0.422. The first-order valence-electron chi connectivity index (χ1n) is 5.01. The Kier molecular flexibility index (Phi) is 4.99. The SMILES string of the molecule is CCCNc1nc(COCCC)no1. The van der Waals surface area contributed by atoms with Crippen molar-refractivity contribution in [2.75, 3.05) is 18.5 Å². The smallest absolute Gasteiger partial charge is 0.321 e. The zero-order valence-electron chi connectivity index (χ0n) is 8.75. The highest BCUT2D eigenvalue weighted by Gasteiger charge is 2.04. The molecule has 1 rings (SSSR count). The highest BCUT2D eigenvalue weighted by Crippen LogP contribution is 2.04. The summed E-state index contributed by atoms with van der Waals surface area (Å²) in [6.45, 7) is 6.13. The van der Waals surface area contributed by atoms with Crippen molar-refractivity contribution in [1.82, 2.24) is 10.1 Å². The van der Waals surface area contributed by atoms with Gasteiger partial charge in [0, 0.05) is 13.2 Å². The van der Waals surface area contributed by atoms with Crippen molar-refractivity contribution in [2.24, 2.45) is 0 Å². The summed E-state index contributed by atoms with van der Waals surface area (Å²) < 4.78 is 10.2. The molecule has 0 fully saturated rings.